The number of hydrogen-bond acceptors (Lipinski definition) is 2. The van der Waals surface area contributed by atoms with Crippen LogP contribution in [-0.2, 0) is 13.1 Å². The molecule has 1 aliphatic rings. The van der Waals surface area contributed by atoms with Gasteiger partial charge in [0.1, 0.15) is 0 Å². The van der Waals surface area contributed by atoms with E-state index in [0.717, 1.165) is 19.1 Å². The van der Waals surface area contributed by atoms with E-state index in [0.29, 0.717) is 0 Å². The van der Waals surface area contributed by atoms with Crippen LogP contribution < -0.4 is 5.32 Å². The monoisotopic (exact) mass is 249 g/mol. The summed E-state index contributed by atoms with van der Waals surface area (Å²) >= 11 is 0. The standard InChI is InChI=1S/C15H27N3/c1-2-3-4-5-6-7-10-18-13-16-11-15(18)12-17-14-8-9-14/h11,13-14,17H,2-10,12H2,1H3. The predicted octanol–water partition coefficient (Wildman–Crippen LogP) is 3.50. The van der Waals surface area contributed by atoms with E-state index in [1.807, 2.05) is 12.5 Å². The zero-order valence-electron chi connectivity index (χ0n) is 11.7. The lowest BCUT2D eigenvalue weighted by Crippen LogP contribution is -2.18. The van der Waals surface area contributed by atoms with Gasteiger partial charge in [-0.3, -0.25) is 0 Å². The maximum Gasteiger partial charge on any atom is 0.0948 e. The first kappa shape index (κ1) is 13.6. The van der Waals surface area contributed by atoms with Gasteiger partial charge in [0.25, 0.3) is 0 Å². The summed E-state index contributed by atoms with van der Waals surface area (Å²) in [6.45, 7) is 4.39. The Morgan fingerprint density at radius 1 is 1.22 bits per heavy atom. The van der Waals surface area contributed by atoms with Gasteiger partial charge in [-0.15, -0.1) is 0 Å². The quantitative estimate of drug-likeness (QED) is 0.643. The molecule has 1 aromatic heterocycles. The molecule has 0 unspecified atom stereocenters. The molecule has 0 amide bonds. The Hall–Kier alpha value is -0.830. The molecular formula is C15H27N3. The molecule has 102 valence electrons. The van der Waals surface area contributed by atoms with Crippen molar-refractivity contribution >= 4 is 0 Å². The first-order chi connectivity index (χ1) is 8.90. The minimum atomic E-state index is 0.780. The van der Waals surface area contributed by atoms with Crippen LogP contribution in [0.15, 0.2) is 12.5 Å². The molecule has 0 aliphatic heterocycles. The van der Waals surface area contributed by atoms with E-state index in [4.69, 9.17) is 0 Å². The SMILES string of the molecule is CCCCCCCCn1cncc1CNC1CC1. The summed E-state index contributed by atoms with van der Waals surface area (Å²) in [7, 11) is 0. The number of hydrogen-bond donors (Lipinski definition) is 1. The van der Waals surface area contributed by atoms with Crippen LogP contribution in [0.3, 0.4) is 0 Å². The van der Waals surface area contributed by atoms with E-state index in [2.05, 4.69) is 21.8 Å². The molecule has 0 saturated heterocycles. The number of nitrogens with zero attached hydrogens (tertiary/aromatic N) is 2. The van der Waals surface area contributed by atoms with E-state index in [1.165, 1.54) is 57.1 Å². The second-order valence-electron chi connectivity index (χ2n) is 5.50. The van der Waals surface area contributed by atoms with Gasteiger partial charge < -0.3 is 9.88 Å². The smallest absolute Gasteiger partial charge is 0.0948 e. The van der Waals surface area contributed by atoms with E-state index in [9.17, 15) is 0 Å². The van der Waals surface area contributed by atoms with Crippen LogP contribution in [-0.4, -0.2) is 15.6 Å². The maximum atomic E-state index is 4.27. The van der Waals surface area contributed by atoms with Crippen LogP contribution in [0.2, 0.25) is 0 Å². The fourth-order valence-electron chi connectivity index (χ4n) is 2.30. The third kappa shape index (κ3) is 4.81. The summed E-state index contributed by atoms with van der Waals surface area (Å²) in [5.74, 6) is 0. The van der Waals surface area contributed by atoms with E-state index < -0.39 is 0 Å². The first-order valence-electron chi connectivity index (χ1n) is 7.62. The molecule has 1 aliphatic carbocycles. The van der Waals surface area contributed by atoms with Crippen LogP contribution in [0.5, 0.6) is 0 Å². The second kappa shape index (κ2) is 7.57. The Bertz CT molecular complexity index is 328. The molecule has 0 spiro atoms. The number of imidazole rings is 1. The van der Waals surface area contributed by atoms with Crippen LogP contribution in [0, 0.1) is 0 Å². The van der Waals surface area contributed by atoms with Crippen molar-refractivity contribution in [2.24, 2.45) is 0 Å². The van der Waals surface area contributed by atoms with Crippen LogP contribution in [0.25, 0.3) is 0 Å². The van der Waals surface area contributed by atoms with Crippen LogP contribution in [0.4, 0.5) is 0 Å². The first-order valence-corrected chi connectivity index (χ1v) is 7.62. The highest BCUT2D eigenvalue weighted by Gasteiger charge is 2.20. The van der Waals surface area contributed by atoms with Crippen LogP contribution in [0.1, 0.15) is 64.0 Å². The van der Waals surface area contributed by atoms with E-state index >= 15 is 0 Å². The zero-order valence-corrected chi connectivity index (χ0v) is 11.7. The summed E-state index contributed by atoms with van der Waals surface area (Å²) in [5.41, 5.74) is 1.34. The molecule has 0 bridgehead atoms. The fourth-order valence-corrected chi connectivity index (χ4v) is 2.30. The molecule has 1 heterocycles. The third-order valence-electron chi connectivity index (χ3n) is 3.70. The molecule has 1 fully saturated rings. The Kier molecular flexibility index (Phi) is 5.72. The Morgan fingerprint density at radius 2 is 2.00 bits per heavy atom. The lowest BCUT2D eigenvalue weighted by Gasteiger charge is -2.08. The summed E-state index contributed by atoms with van der Waals surface area (Å²) in [6.07, 6.45) is 14.8. The average molecular weight is 249 g/mol. The number of rotatable bonds is 10. The number of nitrogens with one attached hydrogen (secondary N) is 1. The molecule has 0 atom stereocenters. The molecule has 3 nitrogen and oxygen atoms in total. The minimum Gasteiger partial charge on any atom is -0.333 e. The number of aromatic nitrogens is 2. The fraction of sp³-hybridized carbons (Fsp3) is 0.800. The lowest BCUT2D eigenvalue weighted by molar-refractivity contribution is 0.538. The summed E-state index contributed by atoms with van der Waals surface area (Å²) in [4.78, 5) is 4.27. The highest BCUT2D eigenvalue weighted by atomic mass is 15.1. The predicted molar refractivity (Wildman–Crippen MR) is 75.5 cm³/mol. The van der Waals surface area contributed by atoms with Gasteiger partial charge in [0.15, 0.2) is 0 Å². The molecule has 2 rings (SSSR count). The largest absolute Gasteiger partial charge is 0.333 e. The van der Waals surface area contributed by atoms with Crippen molar-refractivity contribution in [3.05, 3.63) is 18.2 Å². The van der Waals surface area contributed by atoms with Gasteiger partial charge in [0, 0.05) is 25.3 Å². The Balaban J connectivity index is 1.60. The molecule has 3 heteroatoms. The highest BCUT2D eigenvalue weighted by molar-refractivity contribution is 4.99. The topological polar surface area (TPSA) is 29.9 Å². The van der Waals surface area contributed by atoms with Crippen molar-refractivity contribution in [2.75, 3.05) is 0 Å². The van der Waals surface area contributed by atoms with E-state index in [-0.39, 0.29) is 0 Å². The van der Waals surface area contributed by atoms with Gasteiger partial charge in [-0.2, -0.15) is 0 Å². The van der Waals surface area contributed by atoms with Gasteiger partial charge in [-0.25, -0.2) is 4.98 Å². The Morgan fingerprint density at radius 3 is 2.78 bits per heavy atom. The summed E-state index contributed by atoms with van der Waals surface area (Å²) in [5, 5.41) is 3.56. The second-order valence-corrected chi connectivity index (χ2v) is 5.50. The maximum absolute atomic E-state index is 4.27. The molecule has 1 aromatic rings. The average Bonchev–Trinajstić information content (AvgIpc) is 3.11. The van der Waals surface area contributed by atoms with Crippen molar-refractivity contribution in [2.45, 2.75) is 77.4 Å². The number of unbranched alkanes of at least 4 members (excludes halogenated alkanes) is 5. The normalized spacial score (nSPS) is 15.2. The summed E-state index contributed by atoms with van der Waals surface area (Å²) in [6, 6.07) is 0.780. The molecule has 18 heavy (non-hydrogen) atoms. The molecule has 0 aromatic carbocycles. The zero-order chi connectivity index (χ0) is 12.6. The van der Waals surface area contributed by atoms with Gasteiger partial charge >= 0.3 is 0 Å². The van der Waals surface area contributed by atoms with Crippen molar-refractivity contribution in [1.29, 1.82) is 0 Å². The van der Waals surface area contributed by atoms with Crippen molar-refractivity contribution in [3.63, 3.8) is 0 Å². The third-order valence-corrected chi connectivity index (χ3v) is 3.70. The van der Waals surface area contributed by atoms with Gasteiger partial charge in [0.05, 0.1) is 12.0 Å². The summed E-state index contributed by atoms with van der Waals surface area (Å²) < 4.78 is 2.31. The van der Waals surface area contributed by atoms with Gasteiger partial charge in [0.2, 0.25) is 0 Å². The molecule has 0 radical (unpaired) electrons. The van der Waals surface area contributed by atoms with Crippen molar-refractivity contribution < 1.29 is 0 Å². The van der Waals surface area contributed by atoms with Crippen molar-refractivity contribution in [1.82, 2.24) is 14.9 Å². The van der Waals surface area contributed by atoms with E-state index in [1.54, 1.807) is 0 Å². The molecular weight excluding hydrogens is 222 g/mol. The number of aryl methyl sites for hydroxylation is 1. The van der Waals surface area contributed by atoms with Crippen molar-refractivity contribution in [3.8, 4) is 0 Å². The minimum absolute atomic E-state index is 0.780. The van der Waals surface area contributed by atoms with Gasteiger partial charge in [-0.1, -0.05) is 39.0 Å². The molecule has 1 N–H and O–H groups in total. The highest BCUT2D eigenvalue weighted by Crippen LogP contribution is 2.19. The van der Waals surface area contributed by atoms with Crippen LogP contribution >= 0.6 is 0 Å². The Labute approximate surface area is 111 Å². The lowest BCUT2D eigenvalue weighted by atomic mass is 10.1. The van der Waals surface area contributed by atoms with Gasteiger partial charge in [-0.05, 0) is 19.3 Å². The molecule has 1 saturated carbocycles.